The SMILES string of the molecule is C#CCN[C@@H]1CCc2ccccc21.c1ccc2c(c1)CCC2. The van der Waals surface area contributed by atoms with E-state index in [0.717, 1.165) is 0 Å². The van der Waals surface area contributed by atoms with Gasteiger partial charge in [-0.05, 0) is 54.4 Å². The van der Waals surface area contributed by atoms with Crippen LogP contribution < -0.4 is 5.32 Å². The number of hydrogen-bond acceptors (Lipinski definition) is 1. The van der Waals surface area contributed by atoms with Crippen LogP contribution in [0.4, 0.5) is 0 Å². The fraction of sp³-hybridized carbons (Fsp3) is 0.333. The molecule has 22 heavy (non-hydrogen) atoms. The Morgan fingerprint density at radius 1 is 0.909 bits per heavy atom. The molecule has 0 bridgehead atoms. The summed E-state index contributed by atoms with van der Waals surface area (Å²) < 4.78 is 0. The van der Waals surface area contributed by atoms with Crippen molar-refractivity contribution in [3.63, 3.8) is 0 Å². The summed E-state index contributed by atoms with van der Waals surface area (Å²) in [5.74, 6) is 2.61. The zero-order valence-electron chi connectivity index (χ0n) is 13.0. The molecule has 1 atom stereocenters. The van der Waals surface area contributed by atoms with Gasteiger partial charge in [-0.15, -0.1) is 6.42 Å². The Bertz CT molecular complexity index is 643. The van der Waals surface area contributed by atoms with Gasteiger partial charge in [-0.2, -0.15) is 0 Å². The van der Waals surface area contributed by atoms with E-state index in [1.807, 2.05) is 0 Å². The monoisotopic (exact) mass is 289 g/mol. The van der Waals surface area contributed by atoms with Crippen LogP contribution in [0, 0.1) is 12.3 Å². The fourth-order valence-electron chi connectivity index (χ4n) is 3.47. The smallest absolute Gasteiger partial charge is 0.0578 e. The summed E-state index contributed by atoms with van der Waals surface area (Å²) in [4.78, 5) is 0. The van der Waals surface area contributed by atoms with E-state index >= 15 is 0 Å². The first-order valence-electron chi connectivity index (χ1n) is 8.20. The third-order valence-electron chi connectivity index (χ3n) is 4.59. The quantitative estimate of drug-likeness (QED) is 0.822. The first-order valence-corrected chi connectivity index (χ1v) is 8.20. The van der Waals surface area contributed by atoms with Crippen molar-refractivity contribution in [1.82, 2.24) is 5.32 Å². The molecule has 4 rings (SSSR count). The molecule has 1 heteroatoms. The van der Waals surface area contributed by atoms with Crippen molar-refractivity contribution in [2.24, 2.45) is 0 Å². The number of aryl methyl sites for hydroxylation is 3. The highest BCUT2D eigenvalue weighted by atomic mass is 14.9. The third-order valence-corrected chi connectivity index (χ3v) is 4.59. The highest BCUT2D eigenvalue weighted by Gasteiger charge is 2.20. The molecule has 0 aromatic heterocycles. The van der Waals surface area contributed by atoms with E-state index in [1.54, 1.807) is 11.1 Å². The molecule has 0 heterocycles. The number of nitrogens with one attached hydrogen (secondary N) is 1. The zero-order chi connectivity index (χ0) is 15.2. The van der Waals surface area contributed by atoms with Crippen LogP contribution in [-0.4, -0.2) is 6.54 Å². The average molecular weight is 289 g/mol. The first kappa shape index (κ1) is 14.9. The molecule has 0 spiro atoms. The Labute approximate surface area is 133 Å². The van der Waals surface area contributed by atoms with Gasteiger partial charge in [-0.3, -0.25) is 5.32 Å². The standard InChI is InChI=1S/C12H13N.C9H10/c1-2-9-13-12-8-7-10-5-3-4-6-11(10)12;1-2-5-9-7-3-6-8(9)4-1/h1,3-6,12-13H,7-9H2;1-2,4-5H,3,6-7H2/t12-;/m1./s1. The Hall–Kier alpha value is -2.04. The number of benzene rings is 2. The molecule has 0 saturated carbocycles. The molecule has 112 valence electrons. The summed E-state index contributed by atoms with van der Waals surface area (Å²) in [5, 5.41) is 3.35. The summed E-state index contributed by atoms with van der Waals surface area (Å²) >= 11 is 0. The van der Waals surface area contributed by atoms with Crippen molar-refractivity contribution in [3.8, 4) is 12.3 Å². The molecular formula is C21H23N. The highest BCUT2D eigenvalue weighted by Crippen LogP contribution is 2.30. The lowest BCUT2D eigenvalue weighted by molar-refractivity contribution is 0.568. The van der Waals surface area contributed by atoms with Crippen molar-refractivity contribution in [3.05, 3.63) is 70.8 Å². The van der Waals surface area contributed by atoms with Gasteiger partial charge in [0.25, 0.3) is 0 Å². The first-order chi connectivity index (χ1) is 10.9. The van der Waals surface area contributed by atoms with Crippen molar-refractivity contribution in [1.29, 1.82) is 0 Å². The van der Waals surface area contributed by atoms with E-state index in [9.17, 15) is 0 Å². The molecule has 2 aromatic rings. The van der Waals surface area contributed by atoms with E-state index in [-0.39, 0.29) is 0 Å². The Morgan fingerprint density at radius 2 is 1.55 bits per heavy atom. The maximum absolute atomic E-state index is 5.21. The molecule has 1 nitrogen and oxygen atoms in total. The molecular weight excluding hydrogens is 266 g/mol. The van der Waals surface area contributed by atoms with Crippen LogP contribution in [0.5, 0.6) is 0 Å². The minimum atomic E-state index is 0.479. The summed E-state index contributed by atoms with van der Waals surface area (Å²) in [7, 11) is 0. The average Bonchev–Trinajstić information content (AvgIpc) is 3.20. The second-order valence-corrected chi connectivity index (χ2v) is 6.00. The van der Waals surface area contributed by atoms with Crippen LogP contribution in [0.2, 0.25) is 0 Å². The molecule has 0 amide bonds. The van der Waals surface area contributed by atoms with Crippen molar-refractivity contribution < 1.29 is 0 Å². The van der Waals surface area contributed by atoms with Crippen LogP contribution in [0.1, 0.15) is 41.1 Å². The fourth-order valence-corrected chi connectivity index (χ4v) is 3.47. The maximum Gasteiger partial charge on any atom is 0.0578 e. The summed E-state index contributed by atoms with van der Waals surface area (Å²) in [6.45, 7) is 0.666. The van der Waals surface area contributed by atoms with Crippen molar-refractivity contribution in [2.45, 2.75) is 38.1 Å². The van der Waals surface area contributed by atoms with Crippen LogP contribution in [0.25, 0.3) is 0 Å². The highest BCUT2D eigenvalue weighted by molar-refractivity contribution is 5.34. The van der Waals surface area contributed by atoms with Gasteiger partial charge in [-0.25, -0.2) is 0 Å². The second-order valence-electron chi connectivity index (χ2n) is 6.00. The molecule has 0 fully saturated rings. The maximum atomic E-state index is 5.21. The van der Waals surface area contributed by atoms with Gasteiger partial charge in [0.05, 0.1) is 6.54 Å². The molecule has 2 aliphatic rings. The second kappa shape index (κ2) is 7.29. The van der Waals surface area contributed by atoms with E-state index in [1.165, 1.54) is 43.2 Å². The number of terminal acetylenes is 1. The van der Waals surface area contributed by atoms with Gasteiger partial charge in [0.1, 0.15) is 0 Å². The molecule has 2 aliphatic carbocycles. The predicted molar refractivity (Wildman–Crippen MR) is 92.8 cm³/mol. The van der Waals surface area contributed by atoms with E-state index in [4.69, 9.17) is 6.42 Å². The minimum Gasteiger partial charge on any atom is -0.299 e. The predicted octanol–water partition coefficient (Wildman–Crippen LogP) is 4.07. The van der Waals surface area contributed by atoms with E-state index < -0.39 is 0 Å². The lowest BCUT2D eigenvalue weighted by Crippen LogP contribution is -2.19. The normalized spacial score (nSPS) is 17.9. The Morgan fingerprint density at radius 3 is 2.23 bits per heavy atom. The van der Waals surface area contributed by atoms with Gasteiger partial charge in [0.2, 0.25) is 0 Å². The van der Waals surface area contributed by atoms with Crippen LogP contribution in [-0.2, 0) is 19.3 Å². The molecule has 0 aliphatic heterocycles. The summed E-state index contributed by atoms with van der Waals surface area (Å²) in [5.41, 5.74) is 6.03. The largest absolute Gasteiger partial charge is 0.299 e. The topological polar surface area (TPSA) is 12.0 Å². The summed E-state index contributed by atoms with van der Waals surface area (Å²) in [6, 6.07) is 17.8. The van der Waals surface area contributed by atoms with Crippen LogP contribution >= 0.6 is 0 Å². The lowest BCUT2D eigenvalue weighted by atomic mass is 10.1. The molecule has 1 N–H and O–H groups in total. The summed E-state index contributed by atoms with van der Waals surface area (Å²) in [6.07, 6.45) is 11.5. The molecule has 2 aromatic carbocycles. The molecule has 0 radical (unpaired) electrons. The van der Waals surface area contributed by atoms with Gasteiger partial charge in [-0.1, -0.05) is 54.5 Å². The molecule has 0 unspecified atom stereocenters. The third kappa shape index (κ3) is 3.40. The Balaban J connectivity index is 0.000000139. The molecule has 0 saturated heterocycles. The van der Waals surface area contributed by atoms with Gasteiger partial charge in [0.15, 0.2) is 0 Å². The van der Waals surface area contributed by atoms with Crippen LogP contribution in [0.3, 0.4) is 0 Å². The minimum absolute atomic E-state index is 0.479. The zero-order valence-corrected chi connectivity index (χ0v) is 13.0. The van der Waals surface area contributed by atoms with Gasteiger partial charge >= 0.3 is 0 Å². The van der Waals surface area contributed by atoms with Crippen LogP contribution in [0.15, 0.2) is 48.5 Å². The van der Waals surface area contributed by atoms with E-state index in [0.29, 0.717) is 12.6 Å². The van der Waals surface area contributed by atoms with Gasteiger partial charge in [0, 0.05) is 6.04 Å². The number of fused-ring (bicyclic) bond motifs is 2. The lowest BCUT2D eigenvalue weighted by Gasteiger charge is -2.10. The Kier molecular flexibility index (Phi) is 4.93. The van der Waals surface area contributed by atoms with E-state index in [2.05, 4.69) is 59.8 Å². The number of hydrogen-bond donors (Lipinski definition) is 1. The van der Waals surface area contributed by atoms with Gasteiger partial charge < -0.3 is 0 Å². The van der Waals surface area contributed by atoms with Crippen molar-refractivity contribution >= 4 is 0 Å². The van der Waals surface area contributed by atoms with Crippen molar-refractivity contribution in [2.75, 3.05) is 6.54 Å². The number of rotatable bonds is 2.